The fourth-order valence-corrected chi connectivity index (χ4v) is 17.2. The summed E-state index contributed by atoms with van der Waals surface area (Å²) in [6, 6.07) is 71.4. The Morgan fingerprint density at radius 3 is 1.25 bits per heavy atom. The number of ketones is 1. The summed E-state index contributed by atoms with van der Waals surface area (Å²) in [4.78, 5) is 105. The van der Waals surface area contributed by atoms with E-state index in [2.05, 4.69) is 184 Å². The number of carbonyl (C=O) groups is 5. The number of hydrogen-bond acceptors (Lipinski definition) is 38. The molecule has 38 nitrogen and oxygen atoms in total. The molecule has 9 aromatic carbocycles. The average Bonchev–Trinajstić information content (AvgIpc) is 1.54. The zero-order valence-corrected chi connectivity index (χ0v) is 79.8. The molecule has 11 heterocycles. The van der Waals surface area contributed by atoms with Crippen LogP contribution in [0.15, 0.2) is 254 Å². The van der Waals surface area contributed by atoms with E-state index in [4.69, 9.17) is 54.0 Å². The van der Waals surface area contributed by atoms with E-state index in [1.165, 1.54) is 16.0 Å². The van der Waals surface area contributed by atoms with Gasteiger partial charge in [0.15, 0.2) is 46.5 Å². The molecular formula is C102H100ClN25O13S. The second-order valence-corrected chi connectivity index (χ2v) is 35.1. The molecule has 0 aliphatic carbocycles. The number of nitrogens with one attached hydrogen (secondary N) is 6. The van der Waals surface area contributed by atoms with Crippen LogP contribution in [0.5, 0.6) is 5.75 Å². The lowest BCUT2D eigenvalue weighted by molar-refractivity contribution is 0.0517. The molecule has 0 atom stereocenters. The molecule has 0 unspecified atom stereocenters. The van der Waals surface area contributed by atoms with E-state index in [0.29, 0.717) is 168 Å². The number of piperidine rings is 3. The predicted octanol–water partition coefficient (Wildman–Crippen LogP) is 18.4. The molecule has 17 aromatic rings. The number of carbonyl (C=O) groups excluding carboxylic acids is 5. The molecule has 0 spiro atoms. The predicted molar refractivity (Wildman–Crippen MR) is 537 cm³/mol. The van der Waals surface area contributed by atoms with Crippen LogP contribution < -0.4 is 51.6 Å². The summed E-state index contributed by atoms with van der Waals surface area (Å²) in [6.45, 7) is 16.0. The van der Waals surface area contributed by atoms with Gasteiger partial charge in [-0.2, -0.15) is 4.98 Å². The summed E-state index contributed by atoms with van der Waals surface area (Å²) in [7, 11) is 0. The van der Waals surface area contributed by atoms with E-state index in [1.54, 1.807) is 130 Å². The summed E-state index contributed by atoms with van der Waals surface area (Å²) >= 11 is 7.91. The molecule has 0 bridgehead atoms. The van der Waals surface area contributed by atoms with Gasteiger partial charge in [0.05, 0.1) is 47.9 Å². The topological polar surface area (TPSA) is 463 Å². The summed E-state index contributed by atoms with van der Waals surface area (Å²) in [5.41, 5.74) is 19.4. The van der Waals surface area contributed by atoms with Crippen molar-refractivity contribution in [1.29, 1.82) is 0 Å². The molecule has 3 saturated heterocycles. The molecule has 1 amide bonds. The van der Waals surface area contributed by atoms with Crippen molar-refractivity contribution in [2.75, 3.05) is 107 Å². The number of hydrogen-bond donors (Lipinski definition) is 6. The third-order valence-electron chi connectivity index (χ3n) is 23.3. The van der Waals surface area contributed by atoms with Crippen molar-refractivity contribution < 1.29 is 61.4 Å². The van der Waals surface area contributed by atoms with Gasteiger partial charge < -0.3 is 54.9 Å². The number of amides is 1. The van der Waals surface area contributed by atoms with Crippen molar-refractivity contribution in [1.82, 2.24) is 86.4 Å². The maximum atomic E-state index is 12.7. The number of ether oxygens (including phenoxy) is 4. The van der Waals surface area contributed by atoms with Gasteiger partial charge in [0.1, 0.15) is 11.9 Å². The molecule has 0 saturated carbocycles. The van der Waals surface area contributed by atoms with E-state index in [0.717, 1.165) is 125 Å². The van der Waals surface area contributed by atoms with E-state index < -0.39 is 0 Å². The standard InChI is InChI=1S/C27H21N5O4.C26H29N7O2S.C25H27N7O3.C24H23ClN6O4/c1-2-35-27(34)20-12-14-21(15-13-20)28-24-22(29-25-26(30-24)32-36-31-25)16-17-8-10-19(11-9-17)23(33)18-6-4-3-5-7-18;1-3-14-27-26(34)18-6-8-19(9-7-18)28-24-25(30-23-22(29-24)31-35-32-23)33-15-12-21(13-16-33)36-20-10-4-17(2)5-11-20;1-2-34-25(33)19-8-10-20(11-9-19)28-29-23-24(27-22-21(26-23)30-35-31-22)32-14-12-18(13-15-32)16-17-6-4-3-5-7-17;1-2-33-24(32)15-3-7-17(8-4-15)26-22-23(28-21-20(27-22)29-35-30-21)31-13-11-19(12-14-31)34-18-9-5-16(25)6-10-18/h3-15H,2,16H2,1H3,(H,28,30,32);4-11,21H,3,12-16H2,1-2H3,(H,27,34)(H,28,29,31);3-11,18,28H,2,12-16H2,1H3,(H,26,29,30);3-10,19H,2,11-14H2,1H3,(H,26,27,29). The van der Waals surface area contributed by atoms with Crippen LogP contribution in [0.4, 0.5) is 63.5 Å². The summed E-state index contributed by atoms with van der Waals surface area (Å²) in [5.74, 6) is 4.41. The van der Waals surface area contributed by atoms with Crippen LogP contribution in [0.2, 0.25) is 5.02 Å². The van der Waals surface area contributed by atoms with Crippen molar-refractivity contribution in [3.05, 3.63) is 291 Å². The third-order valence-corrected chi connectivity index (χ3v) is 24.9. The van der Waals surface area contributed by atoms with Gasteiger partial charge in [-0.15, -0.1) is 11.8 Å². The monoisotopic (exact) mass is 1950 g/mol. The molecule has 3 fully saturated rings. The molecule has 3 aliphatic heterocycles. The number of thioether (sulfide) groups is 1. The number of aryl methyl sites for hydroxylation is 1. The third kappa shape index (κ3) is 25.4. The number of rotatable bonds is 31. The second-order valence-electron chi connectivity index (χ2n) is 33.3. The lowest BCUT2D eigenvalue weighted by Gasteiger charge is -2.33. The number of aromatic nitrogens is 16. The maximum Gasteiger partial charge on any atom is 0.338 e. The van der Waals surface area contributed by atoms with Gasteiger partial charge in [0.25, 0.3) is 5.91 Å². The molecule has 0 radical (unpaired) electrons. The summed E-state index contributed by atoms with van der Waals surface area (Å²) < 4.78 is 40.5. The number of benzene rings is 9. The van der Waals surface area contributed by atoms with E-state index in [-0.39, 0.29) is 41.3 Å². The smallest absolute Gasteiger partial charge is 0.338 e. The Balaban J connectivity index is 0.000000130. The molecule has 142 heavy (non-hydrogen) atoms. The Labute approximate surface area is 823 Å². The number of halogens is 1. The highest BCUT2D eigenvalue weighted by molar-refractivity contribution is 8.00. The molecule has 3 aliphatic rings. The molecule has 724 valence electrons. The van der Waals surface area contributed by atoms with Gasteiger partial charge in [-0.3, -0.25) is 20.4 Å². The van der Waals surface area contributed by atoms with Crippen molar-refractivity contribution >= 4 is 162 Å². The SMILES string of the molecule is CCCNC(=O)c1ccc(Nc2nc3nonc3nc2N2CCC(Sc3ccc(C)cc3)CC2)cc1.CCOC(=O)c1ccc(NNc2nc3nonc3nc2N2CCC(Cc3ccccc3)CC2)cc1.CCOC(=O)c1ccc(Nc2nc3nonc3nc2Cc2ccc(C(=O)c3ccccc3)cc2)cc1.CCOC(=O)c1ccc(Nc2nc3nonc3nc2N2CCC(Oc3ccc(Cl)cc3)CC2)cc1. The van der Waals surface area contributed by atoms with Crippen LogP contribution in [0, 0.1) is 12.8 Å². The van der Waals surface area contributed by atoms with E-state index in [9.17, 15) is 24.0 Å². The fraction of sp³-hybridized carbons (Fsp3) is 0.265. The van der Waals surface area contributed by atoms with E-state index in [1.807, 2.05) is 85.4 Å². The van der Waals surface area contributed by atoms with Crippen LogP contribution >= 0.6 is 23.4 Å². The van der Waals surface area contributed by atoms with Gasteiger partial charge in [-0.25, -0.2) is 67.8 Å². The molecule has 6 N–H and O–H groups in total. The van der Waals surface area contributed by atoms with Crippen molar-refractivity contribution in [2.24, 2.45) is 5.92 Å². The normalized spacial score (nSPS) is 13.3. The lowest BCUT2D eigenvalue weighted by atomic mass is 9.90. The lowest BCUT2D eigenvalue weighted by Crippen LogP contribution is -2.39. The van der Waals surface area contributed by atoms with Crippen LogP contribution in [-0.4, -0.2) is 188 Å². The minimum Gasteiger partial charge on any atom is -0.490 e. The number of hydrazine groups is 1. The Bertz CT molecular complexity index is 7100. The quantitative estimate of drug-likeness (QED) is 0.0102. The summed E-state index contributed by atoms with van der Waals surface area (Å²) in [6.07, 6.45) is 8.33. The number of nitrogens with zero attached hydrogens (tertiary/aromatic N) is 19. The Kier molecular flexibility index (Phi) is 32.2. The van der Waals surface area contributed by atoms with Gasteiger partial charge in [-0.1, -0.05) is 121 Å². The highest BCUT2D eigenvalue weighted by atomic mass is 35.5. The first-order valence-electron chi connectivity index (χ1n) is 46.6. The highest BCUT2D eigenvalue weighted by Gasteiger charge is 2.31. The van der Waals surface area contributed by atoms with Gasteiger partial charge in [0.2, 0.25) is 45.2 Å². The minimum absolute atomic E-state index is 0.0364. The molecular weight excluding hydrogens is 1850 g/mol. The largest absolute Gasteiger partial charge is 0.490 e. The van der Waals surface area contributed by atoms with Crippen LogP contribution in [0.25, 0.3) is 45.2 Å². The van der Waals surface area contributed by atoms with Gasteiger partial charge >= 0.3 is 17.9 Å². The van der Waals surface area contributed by atoms with Crippen LogP contribution in [0.3, 0.4) is 0 Å². The van der Waals surface area contributed by atoms with E-state index >= 15 is 0 Å². The first-order valence-corrected chi connectivity index (χ1v) is 47.9. The highest BCUT2D eigenvalue weighted by Crippen LogP contribution is 2.38. The fourth-order valence-electron chi connectivity index (χ4n) is 15.9. The minimum atomic E-state index is -0.381. The zero-order chi connectivity index (χ0) is 98.1. The number of fused-ring (bicyclic) bond motifs is 4. The average molecular weight is 1950 g/mol. The van der Waals surface area contributed by atoms with Crippen LogP contribution in [0.1, 0.15) is 152 Å². The summed E-state index contributed by atoms with van der Waals surface area (Å²) in [5, 5.41) is 44.7. The second kappa shape index (κ2) is 47.1. The van der Waals surface area contributed by atoms with Crippen molar-refractivity contribution in [2.45, 2.75) is 109 Å². The molecule has 8 aromatic heterocycles. The Hall–Kier alpha value is -16.7. The Morgan fingerprint density at radius 2 is 0.782 bits per heavy atom. The van der Waals surface area contributed by atoms with Gasteiger partial charge in [0, 0.05) is 114 Å². The maximum absolute atomic E-state index is 12.7. The Morgan fingerprint density at radius 1 is 0.387 bits per heavy atom. The first-order chi connectivity index (χ1) is 69.5. The van der Waals surface area contributed by atoms with Gasteiger partial charge in [-0.05, 0) is 258 Å². The van der Waals surface area contributed by atoms with Crippen molar-refractivity contribution in [3.8, 4) is 5.75 Å². The van der Waals surface area contributed by atoms with Crippen molar-refractivity contribution in [3.63, 3.8) is 0 Å². The van der Waals surface area contributed by atoms with Crippen LogP contribution in [-0.2, 0) is 27.1 Å². The zero-order valence-electron chi connectivity index (χ0n) is 78.2. The number of esters is 3. The molecule has 20 rings (SSSR count). The molecule has 40 heteroatoms. The number of anilines is 11. The first kappa shape index (κ1) is 97.0.